The van der Waals surface area contributed by atoms with E-state index in [0.717, 1.165) is 6.42 Å². The molecule has 0 aromatic heterocycles. The molecule has 2 rings (SSSR count). The molecule has 1 atom stereocenters. The fraction of sp³-hybridized carbons (Fsp3) is 0.429. The van der Waals surface area contributed by atoms with Crippen LogP contribution in [0, 0.1) is 0 Å². The highest BCUT2D eigenvalue weighted by atomic mass is 79.9. The van der Waals surface area contributed by atoms with E-state index in [1.807, 2.05) is 6.92 Å². The van der Waals surface area contributed by atoms with Gasteiger partial charge in [-0.2, -0.15) is 0 Å². The number of morpholine rings is 1. The second-order valence-corrected chi connectivity index (χ2v) is 5.60. The molecule has 0 bridgehead atoms. The van der Waals surface area contributed by atoms with Gasteiger partial charge in [-0.3, -0.25) is 4.79 Å². The number of halogens is 1. The van der Waals surface area contributed by atoms with Gasteiger partial charge in [0.1, 0.15) is 0 Å². The van der Waals surface area contributed by atoms with E-state index >= 15 is 0 Å². The van der Waals surface area contributed by atoms with Gasteiger partial charge < -0.3 is 14.7 Å². The molecule has 1 aliphatic heterocycles. The Balaban J connectivity index is 2.22. The predicted octanol–water partition coefficient (Wildman–Crippen LogP) is 2.40. The molecule has 1 aromatic rings. The number of carbonyl (C=O) groups excluding carboxylic acids is 1. The summed E-state index contributed by atoms with van der Waals surface area (Å²) in [5, 5.41) is 9.04. The fourth-order valence-corrected chi connectivity index (χ4v) is 2.66. The number of carbonyl (C=O) groups is 2. The van der Waals surface area contributed by atoms with E-state index in [1.165, 1.54) is 12.1 Å². The van der Waals surface area contributed by atoms with Crippen molar-refractivity contribution in [2.24, 2.45) is 0 Å². The molecular weight excluding hydrogens is 326 g/mol. The number of aromatic carboxylic acids is 1. The normalized spacial score (nSPS) is 18.9. The number of hydrogen-bond acceptors (Lipinski definition) is 3. The Labute approximate surface area is 125 Å². The monoisotopic (exact) mass is 341 g/mol. The molecule has 0 radical (unpaired) electrons. The van der Waals surface area contributed by atoms with Crippen LogP contribution in [0.4, 0.5) is 0 Å². The maximum absolute atomic E-state index is 12.4. The van der Waals surface area contributed by atoms with Crippen molar-refractivity contribution in [3.63, 3.8) is 0 Å². The number of carboxylic acids is 1. The van der Waals surface area contributed by atoms with Crippen LogP contribution >= 0.6 is 15.9 Å². The molecule has 1 heterocycles. The van der Waals surface area contributed by atoms with Crippen molar-refractivity contribution in [3.05, 3.63) is 33.8 Å². The molecule has 1 unspecified atom stereocenters. The molecular formula is C14H16BrNO4. The Bertz CT molecular complexity index is 532. The minimum Gasteiger partial charge on any atom is -0.478 e. The van der Waals surface area contributed by atoms with Crippen LogP contribution in [0.2, 0.25) is 0 Å². The molecule has 1 fully saturated rings. The highest BCUT2D eigenvalue weighted by Gasteiger charge is 2.24. The smallest absolute Gasteiger partial charge is 0.335 e. The molecule has 1 aliphatic rings. The molecule has 20 heavy (non-hydrogen) atoms. The molecule has 0 saturated carbocycles. The first-order chi connectivity index (χ1) is 9.51. The van der Waals surface area contributed by atoms with E-state index in [2.05, 4.69) is 15.9 Å². The number of ether oxygens (including phenoxy) is 1. The second-order valence-electron chi connectivity index (χ2n) is 4.69. The second kappa shape index (κ2) is 6.37. The van der Waals surface area contributed by atoms with Crippen molar-refractivity contribution in [3.8, 4) is 0 Å². The van der Waals surface area contributed by atoms with Crippen LogP contribution in [0.5, 0.6) is 0 Å². The van der Waals surface area contributed by atoms with E-state index in [4.69, 9.17) is 9.84 Å². The summed E-state index contributed by atoms with van der Waals surface area (Å²) in [5.41, 5.74) is 0.483. The average molecular weight is 342 g/mol. The molecule has 1 aromatic carbocycles. The third kappa shape index (κ3) is 3.37. The minimum atomic E-state index is -1.05. The lowest BCUT2D eigenvalue weighted by molar-refractivity contribution is -0.0226. The third-order valence-corrected chi connectivity index (χ3v) is 3.73. The molecule has 6 heteroatoms. The summed E-state index contributed by atoms with van der Waals surface area (Å²) in [5.74, 6) is -1.20. The van der Waals surface area contributed by atoms with Gasteiger partial charge in [0.2, 0.25) is 0 Å². The lowest BCUT2D eigenvalue weighted by Gasteiger charge is -2.32. The van der Waals surface area contributed by atoms with Gasteiger partial charge >= 0.3 is 5.97 Å². The first kappa shape index (κ1) is 15.0. The van der Waals surface area contributed by atoms with Gasteiger partial charge in [0.15, 0.2) is 0 Å². The summed E-state index contributed by atoms with van der Waals surface area (Å²) < 4.78 is 6.12. The molecule has 1 amide bonds. The highest BCUT2D eigenvalue weighted by molar-refractivity contribution is 9.10. The number of rotatable bonds is 3. The third-order valence-electron chi connectivity index (χ3n) is 3.27. The minimum absolute atomic E-state index is 0.0544. The SMILES string of the molecule is CCC1CN(C(=O)c2cc(Br)cc(C(=O)O)c2)CCO1. The van der Waals surface area contributed by atoms with Gasteiger partial charge in [0.25, 0.3) is 5.91 Å². The average Bonchev–Trinajstić information content (AvgIpc) is 2.45. The van der Waals surface area contributed by atoms with Crippen molar-refractivity contribution < 1.29 is 19.4 Å². The van der Waals surface area contributed by atoms with Gasteiger partial charge in [-0.1, -0.05) is 22.9 Å². The zero-order valence-corrected chi connectivity index (χ0v) is 12.7. The lowest BCUT2D eigenvalue weighted by Crippen LogP contribution is -2.45. The van der Waals surface area contributed by atoms with Crippen molar-refractivity contribution in [2.45, 2.75) is 19.4 Å². The number of nitrogens with zero attached hydrogens (tertiary/aromatic N) is 1. The Hall–Kier alpha value is -1.40. The summed E-state index contributed by atoms with van der Waals surface area (Å²) in [6, 6.07) is 4.53. The highest BCUT2D eigenvalue weighted by Crippen LogP contribution is 2.19. The van der Waals surface area contributed by atoms with Gasteiger partial charge in [-0.25, -0.2) is 4.79 Å². The number of carboxylic acid groups (broad SMARTS) is 1. The molecule has 0 aliphatic carbocycles. The Morgan fingerprint density at radius 1 is 1.40 bits per heavy atom. The molecule has 1 saturated heterocycles. The maximum atomic E-state index is 12.4. The number of benzene rings is 1. The van der Waals surface area contributed by atoms with Crippen LogP contribution in [0.15, 0.2) is 22.7 Å². The predicted molar refractivity (Wildman–Crippen MR) is 77.0 cm³/mol. The van der Waals surface area contributed by atoms with Crippen LogP contribution in [0.1, 0.15) is 34.1 Å². The van der Waals surface area contributed by atoms with E-state index in [-0.39, 0.29) is 17.6 Å². The summed E-state index contributed by atoms with van der Waals surface area (Å²) in [4.78, 5) is 25.2. The van der Waals surface area contributed by atoms with Gasteiger partial charge in [0, 0.05) is 23.1 Å². The van der Waals surface area contributed by atoms with Gasteiger partial charge in [-0.05, 0) is 24.6 Å². The van der Waals surface area contributed by atoms with Gasteiger partial charge in [0.05, 0.1) is 18.3 Å². The topological polar surface area (TPSA) is 66.8 Å². The molecule has 5 nitrogen and oxygen atoms in total. The van der Waals surface area contributed by atoms with Crippen LogP contribution in [0.25, 0.3) is 0 Å². The Morgan fingerprint density at radius 2 is 2.10 bits per heavy atom. The molecule has 108 valence electrons. The largest absolute Gasteiger partial charge is 0.478 e. The van der Waals surface area contributed by atoms with Crippen molar-refractivity contribution in [1.29, 1.82) is 0 Å². The fourth-order valence-electron chi connectivity index (χ4n) is 2.17. The van der Waals surface area contributed by atoms with Crippen molar-refractivity contribution in [1.82, 2.24) is 4.90 Å². The lowest BCUT2D eigenvalue weighted by atomic mass is 10.1. The van der Waals surface area contributed by atoms with E-state index < -0.39 is 5.97 Å². The first-order valence-electron chi connectivity index (χ1n) is 6.46. The van der Waals surface area contributed by atoms with E-state index in [1.54, 1.807) is 11.0 Å². The van der Waals surface area contributed by atoms with Crippen molar-refractivity contribution in [2.75, 3.05) is 19.7 Å². The van der Waals surface area contributed by atoms with Crippen molar-refractivity contribution >= 4 is 27.8 Å². The Morgan fingerprint density at radius 3 is 2.75 bits per heavy atom. The van der Waals surface area contributed by atoms with Crippen LogP contribution < -0.4 is 0 Å². The summed E-state index contributed by atoms with van der Waals surface area (Å²) >= 11 is 3.24. The Kier molecular flexibility index (Phi) is 4.77. The van der Waals surface area contributed by atoms with Crippen LogP contribution in [0.3, 0.4) is 0 Å². The first-order valence-corrected chi connectivity index (χ1v) is 7.25. The zero-order valence-electron chi connectivity index (χ0n) is 11.1. The van der Waals surface area contributed by atoms with E-state index in [9.17, 15) is 9.59 Å². The molecule has 0 spiro atoms. The standard InChI is InChI=1S/C14H16BrNO4/c1-2-12-8-16(3-4-20-12)13(17)9-5-10(14(18)19)7-11(15)6-9/h5-7,12H,2-4,8H2,1H3,(H,18,19). The quantitative estimate of drug-likeness (QED) is 0.916. The summed E-state index contributed by atoms with van der Waals surface area (Å²) in [7, 11) is 0. The number of hydrogen-bond donors (Lipinski definition) is 1. The number of amides is 1. The summed E-state index contributed by atoms with van der Waals surface area (Å²) in [6.07, 6.45) is 0.904. The maximum Gasteiger partial charge on any atom is 0.335 e. The van der Waals surface area contributed by atoms with Crippen LogP contribution in [-0.2, 0) is 4.74 Å². The zero-order chi connectivity index (χ0) is 14.7. The van der Waals surface area contributed by atoms with Crippen LogP contribution in [-0.4, -0.2) is 47.7 Å². The van der Waals surface area contributed by atoms with Gasteiger partial charge in [-0.15, -0.1) is 0 Å². The van der Waals surface area contributed by atoms with E-state index in [0.29, 0.717) is 29.7 Å². The summed E-state index contributed by atoms with van der Waals surface area (Å²) in [6.45, 7) is 3.61. The molecule has 1 N–H and O–H groups in total.